The van der Waals surface area contributed by atoms with Crippen molar-refractivity contribution in [1.29, 1.82) is 0 Å². The molecule has 25 heavy (non-hydrogen) atoms. The number of hydrogen-bond donors (Lipinski definition) is 1. The minimum Gasteiger partial charge on any atom is -0.386 e. The summed E-state index contributed by atoms with van der Waals surface area (Å²) in [6.07, 6.45) is 3.34. The van der Waals surface area contributed by atoms with Gasteiger partial charge in [-0.1, -0.05) is 17.3 Å². The number of imide groups is 1. The molecule has 1 aliphatic heterocycles. The second-order valence-corrected chi connectivity index (χ2v) is 6.26. The van der Waals surface area contributed by atoms with E-state index in [0.29, 0.717) is 5.56 Å². The van der Waals surface area contributed by atoms with E-state index in [0.717, 1.165) is 4.90 Å². The summed E-state index contributed by atoms with van der Waals surface area (Å²) in [5.41, 5.74) is 0.635. The standard InChI is InChI=1S/C16H18FN3O4S/c1-25-13-8-15(22)20(16(13)23)7-6-18-14(21)10-24-19-9-11-2-4-12(17)5-3-11/h2-5,9,13H,6-8,10H2,1H3,(H,18,21)/b19-9+. The highest BCUT2D eigenvalue weighted by Crippen LogP contribution is 2.22. The Kier molecular flexibility index (Phi) is 6.93. The number of halogens is 1. The molecule has 134 valence electrons. The van der Waals surface area contributed by atoms with Gasteiger partial charge < -0.3 is 10.2 Å². The van der Waals surface area contributed by atoms with Gasteiger partial charge in [0.2, 0.25) is 11.8 Å². The molecule has 0 spiro atoms. The molecule has 9 heteroatoms. The van der Waals surface area contributed by atoms with E-state index in [9.17, 15) is 18.8 Å². The van der Waals surface area contributed by atoms with Crippen LogP contribution in [0, 0.1) is 5.82 Å². The molecule has 0 aliphatic carbocycles. The quantitative estimate of drug-likeness (QED) is 0.417. The Hall–Kier alpha value is -2.42. The van der Waals surface area contributed by atoms with E-state index >= 15 is 0 Å². The van der Waals surface area contributed by atoms with E-state index in [2.05, 4.69) is 10.5 Å². The average Bonchev–Trinajstić information content (AvgIpc) is 2.87. The molecular weight excluding hydrogens is 349 g/mol. The van der Waals surface area contributed by atoms with E-state index < -0.39 is 5.91 Å². The number of thioether (sulfide) groups is 1. The molecule has 1 atom stereocenters. The fourth-order valence-electron chi connectivity index (χ4n) is 2.17. The van der Waals surface area contributed by atoms with Crippen LogP contribution in [0.4, 0.5) is 4.39 Å². The van der Waals surface area contributed by atoms with Gasteiger partial charge in [-0.05, 0) is 24.0 Å². The van der Waals surface area contributed by atoms with Crippen LogP contribution in [0.15, 0.2) is 29.4 Å². The number of benzene rings is 1. The van der Waals surface area contributed by atoms with Gasteiger partial charge >= 0.3 is 0 Å². The van der Waals surface area contributed by atoms with Gasteiger partial charge in [-0.25, -0.2) is 4.39 Å². The summed E-state index contributed by atoms with van der Waals surface area (Å²) in [5.74, 6) is -1.21. The number of rotatable bonds is 8. The molecule has 0 bridgehead atoms. The Morgan fingerprint density at radius 2 is 2.16 bits per heavy atom. The van der Waals surface area contributed by atoms with Crippen molar-refractivity contribution in [2.24, 2.45) is 5.16 Å². The average molecular weight is 367 g/mol. The maximum Gasteiger partial charge on any atom is 0.260 e. The Labute approximate surface area is 148 Å². The zero-order chi connectivity index (χ0) is 18.2. The molecule has 1 N–H and O–H groups in total. The summed E-state index contributed by atoms with van der Waals surface area (Å²) in [4.78, 5) is 41.2. The molecular formula is C16H18FN3O4S. The molecule has 1 aromatic carbocycles. The SMILES string of the molecule is CSC1CC(=O)N(CCNC(=O)CO/N=C/c2ccc(F)cc2)C1=O. The van der Waals surface area contributed by atoms with Crippen LogP contribution < -0.4 is 5.32 Å². The zero-order valence-corrected chi connectivity index (χ0v) is 14.4. The number of oxime groups is 1. The molecule has 0 radical (unpaired) electrons. The van der Waals surface area contributed by atoms with Crippen molar-refractivity contribution in [1.82, 2.24) is 10.2 Å². The predicted molar refractivity (Wildman–Crippen MR) is 91.6 cm³/mol. The van der Waals surface area contributed by atoms with Crippen molar-refractivity contribution in [3.05, 3.63) is 35.6 Å². The van der Waals surface area contributed by atoms with Gasteiger partial charge in [-0.2, -0.15) is 11.8 Å². The maximum absolute atomic E-state index is 12.7. The number of nitrogens with one attached hydrogen (secondary N) is 1. The Bertz CT molecular complexity index is 666. The smallest absolute Gasteiger partial charge is 0.260 e. The monoisotopic (exact) mass is 367 g/mol. The number of likely N-dealkylation sites (tertiary alicyclic amines) is 1. The van der Waals surface area contributed by atoms with Gasteiger partial charge in [0.25, 0.3) is 5.91 Å². The second kappa shape index (κ2) is 9.16. The van der Waals surface area contributed by atoms with Crippen LogP contribution in [0.5, 0.6) is 0 Å². The van der Waals surface area contributed by atoms with Crippen LogP contribution in [0.1, 0.15) is 12.0 Å². The lowest BCUT2D eigenvalue weighted by Crippen LogP contribution is -2.39. The number of amides is 3. The third-order valence-electron chi connectivity index (χ3n) is 3.49. The van der Waals surface area contributed by atoms with Gasteiger partial charge in [0.1, 0.15) is 5.82 Å². The van der Waals surface area contributed by atoms with Crippen LogP contribution in [0.2, 0.25) is 0 Å². The molecule has 1 aliphatic rings. The number of carbonyl (C=O) groups excluding carboxylic acids is 3. The summed E-state index contributed by atoms with van der Waals surface area (Å²) in [6.45, 7) is -0.00517. The Morgan fingerprint density at radius 1 is 1.44 bits per heavy atom. The molecule has 0 aromatic heterocycles. The highest BCUT2D eigenvalue weighted by Gasteiger charge is 2.37. The van der Waals surface area contributed by atoms with Crippen LogP contribution >= 0.6 is 11.8 Å². The lowest BCUT2D eigenvalue weighted by molar-refractivity contribution is -0.138. The van der Waals surface area contributed by atoms with Crippen LogP contribution in [0.25, 0.3) is 0 Å². The molecule has 1 fully saturated rings. The number of hydrogen-bond acceptors (Lipinski definition) is 6. The predicted octanol–water partition coefficient (Wildman–Crippen LogP) is 0.783. The van der Waals surface area contributed by atoms with Gasteiger partial charge in [0, 0.05) is 19.5 Å². The van der Waals surface area contributed by atoms with Gasteiger partial charge in [0.15, 0.2) is 6.61 Å². The summed E-state index contributed by atoms with van der Waals surface area (Å²) in [6, 6.07) is 5.62. The molecule has 7 nitrogen and oxygen atoms in total. The lowest BCUT2D eigenvalue weighted by Gasteiger charge is -2.14. The highest BCUT2D eigenvalue weighted by molar-refractivity contribution is 8.00. The third kappa shape index (κ3) is 5.56. The molecule has 0 saturated carbocycles. The van der Waals surface area contributed by atoms with E-state index in [1.54, 1.807) is 6.26 Å². The minimum absolute atomic E-state index is 0.138. The molecule has 2 rings (SSSR count). The molecule has 1 aromatic rings. The van der Waals surface area contributed by atoms with E-state index in [4.69, 9.17) is 4.84 Å². The van der Waals surface area contributed by atoms with Crippen molar-refractivity contribution < 1.29 is 23.6 Å². The molecule has 1 saturated heterocycles. The number of nitrogens with zero attached hydrogens (tertiary/aromatic N) is 2. The van der Waals surface area contributed by atoms with E-state index in [1.165, 1.54) is 42.2 Å². The first kappa shape index (κ1) is 18.9. The van der Waals surface area contributed by atoms with E-state index in [1.807, 2.05) is 0 Å². The second-order valence-electron chi connectivity index (χ2n) is 5.22. The molecule has 3 amide bonds. The topological polar surface area (TPSA) is 88.1 Å². The molecule has 1 heterocycles. The first-order chi connectivity index (χ1) is 12.0. The minimum atomic E-state index is -0.420. The van der Waals surface area contributed by atoms with Crippen LogP contribution in [0.3, 0.4) is 0 Å². The van der Waals surface area contributed by atoms with Crippen molar-refractivity contribution in [3.63, 3.8) is 0 Å². The first-order valence-corrected chi connectivity index (χ1v) is 8.84. The number of carbonyl (C=O) groups is 3. The van der Waals surface area contributed by atoms with Gasteiger partial charge in [0.05, 0.1) is 11.5 Å². The van der Waals surface area contributed by atoms with Crippen molar-refractivity contribution >= 4 is 35.7 Å². The normalized spacial score (nSPS) is 17.4. The first-order valence-electron chi connectivity index (χ1n) is 7.56. The lowest BCUT2D eigenvalue weighted by atomic mass is 10.2. The fraction of sp³-hybridized carbons (Fsp3) is 0.375. The van der Waals surface area contributed by atoms with Crippen molar-refractivity contribution in [2.45, 2.75) is 11.7 Å². The largest absolute Gasteiger partial charge is 0.386 e. The maximum atomic E-state index is 12.7. The Balaban J connectivity index is 1.65. The van der Waals surface area contributed by atoms with Crippen LogP contribution in [-0.4, -0.2) is 60.0 Å². The fourth-order valence-corrected chi connectivity index (χ4v) is 2.81. The highest BCUT2D eigenvalue weighted by atomic mass is 32.2. The summed E-state index contributed by atoms with van der Waals surface area (Å²) < 4.78 is 12.7. The van der Waals surface area contributed by atoms with Crippen molar-refractivity contribution in [2.75, 3.05) is 26.0 Å². The summed E-state index contributed by atoms with van der Waals surface area (Å²) in [5, 5.41) is 5.84. The van der Waals surface area contributed by atoms with Gasteiger partial charge in [-0.15, -0.1) is 0 Å². The zero-order valence-electron chi connectivity index (χ0n) is 13.6. The third-order valence-corrected chi connectivity index (χ3v) is 4.42. The summed E-state index contributed by atoms with van der Waals surface area (Å²) in [7, 11) is 0. The van der Waals surface area contributed by atoms with E-state index in [-0.39, 0.29) is 49.0 Å². The van der Waals surface area contributed by atoms with Crippen molar-refractivity contribution in [3.8, 4) is 0 Å². The summed E-state index contributed by atoms with van der Waals surface area (Å²) >= 11 is 1.34. The van der Waals surface area contributed by atoms with Gasteiger partial charge in [-0.3, -0.25) is 19.3 Å². The Morgan fingerprint density at radius 3 is 2.80 bits per heavy atom. The molecule has 1 unspecified atom stereocenters. The van der Waals surface area contributed by atoms with Crippen LogP contribution in [-0.2, 0) is 19.2 Å².